The first-order chi connectivity index (χ1) is 9.20. The van der Waals surface area contributed by atoms with Crippen molar-refractivity contribution in [2.24, 2.45) is 17.8 Å². The quantitative estimate of drug-likeness (QED) is 0.848. The second-order valence-electron chi connectivity index (χ2n) is 5.34. The zero-order valence-corrected chi connectivity index (χ0v) is 10.9. The van der Waals surface area contributed by atoms with Gasteiger partial charge < -0.3 is 10.1 Å². The van der Waals surface area contributed by atoms with Gasteiger partial charge in [-0.25, -0.2) is 4.79 Å². The Morgan fingerprint density at radius 1 is 1.16 bits per heavy atom. The first-order valence-corrected chi connectivity index (χ1v) is 6.70. The molecule has 2 aliphatic rings. The van der Waals surface area contributed by atoms with E-state index in [0.29, 0.717) is 17.4 Å². The number of anilines is 1. The number of rotatable bonds is 3. The van der Waals surface area contributed by atoms with Crippen molar-refractivity contribution in [3.8, 4) is 0 Å². The van der Waals surface area contributed by atoms with Gasteiger partial charge in [-0.3, -0.25) is 4.79 Å². The lowest BCUT2D eigenvalue weighted by molar-refractivity contribution is -0.118. The highest BCUT2D eigenvalue weighted by molar-refractivity contribution is 5.96. The zero-order valence-electron chi connectivity index (χ0n) is 10.9. The maximum atomic E-state index is 12.1. The topological polar surface area (TPSA) is 55.4 Å². The Bertz CT molecular complexity index is 499. The van der Waals surface area contributed by atoms with E-state index >= 15 is 0 Å². The molecule has 3 rings (SSSR count). The third-order valence-electron chi connectivity index (χ3n) is 4.28. The van der Waals surface area contributed by atoms with Crippen LogP contribution in [0.1, 0.15) is 29.6 Å². The largest absolute Gasteiger partial charge is 0.465 e. The van der Waals surface area contributed by atoms with Crippen LogP contribution in [0.25, 0.3) is 0 Å². The summed E-state index contributed by atoms with van der Waals surface area (Å²) in [5.74, 6) is 1.22. The Balaban J connectivity index is 1.61. The van der Waals surface area contributed by atoms with E-state index in [-0.39, 0.29) is 17.8 Å². The maximum Gasteiger partial charge on any atom is 0.337 e. The molecule has 2 atom stereocenters. The molecule has 4 nitrogen and oxygen atoms in total. The third-order valence-corrected chi connectivity index (χ3v) is 4.28. The van der Waals surface area contributed by atoms with E-state index in [0.717, 1.165) is 5.69 Å². The number of fused-ring (bicyclic) bond motifs is 1. The zero-order chi connectivity index (χ0) is 13.4. The summed E-state index contributed by atoms with van der Waals surface area (Å²) in [6.07, 6.45) is 3.67. The summed E-state index contributed by atoms with van der Waals surface area (Å²) in [6, 6.07) is 6.80. The molecule has 0 heterocycles. The van der Waals surface area contributed by atoms with Crippen molar-refractivity contribution in [1.29, 1.82) is 0 Å². The summed E-state index contributed by atoms with van der Waals surface area (Å²) in [5, 5.41) is 2.93. The minimum absolute atomic E-state index is 0.125. The Labute approximate surface area is 112 Å². The minimum Gasteiger partial charge on any atom is -0.465 e. The molecule has 19 heavy (non-hydrogen) atoms. The van der Waals surface area contributed by atoms with Crippen LogP contribution in [0.3, 0.4) is 0 Å². The predicted molar refractivity (Wildman–Crippen MR) is 70.7 cm³/mol. The molecule has 2 aliphatic carbocycles. The van der Waals surface area contributed by atoms with Crippen LogP contribution in [0, 0.1) is 17.8 Å². The van der Waals surface area contributed by atoms with Crippen molar-refractivity contribution in [2.45, 2.75) is 19.3 Å². The Hall–Kier alpha value is -1.84. The lowest BCUT2D eigenvalue weighted by Crippen LogP contribution is -2.16. The Kier molecular flexibility index (Phi) is 3.01. The molecule has 1 amide bonds. The molecule has 1 aromatic carbocycles. The number of hydrogen-bond acceptors (Lipinski definition) is 3. The standard InChI is InChI=1S/C15H17NO3/c1-19-15(18)9-5-7-10(8-6-9)16-14(17)13-11-3-2-4-12(11)13/h5-8,11-13H,2-4H2,1H3,(H,16,17). The fourth-order valence-corrected chi connectivity index (χ4v) is 3.24. The van der Waals surface area contributed by atoms with E-state index in [9.17, 15) is 9.59 Å². The van der Waals surface area contributed by atoms with Gasteiger partial charge in [-0.2, -0.15) is 0 Å². The average Bonchev–Trinajstić information content (AvgIpc) is 2.92. The maximum absolute atomic E-state index is 12.1. The van der Waals surface area contributed by atoms with Crippen molar-refractivity contribution in [1.82, 2.24) is 0 Å². The molecular formula is C15H17NO3. The molecule has 2 saturated carbocycles. The van der Waals surface area contributed by atoms with Gasteiger partial charge in [0.05, 0.1) is 12.7 Å². The number of carbonyl (C=O) groups excluding carboxylic acids is 2. The van der Waals surface area contributed by atoms with Gasteiger partial charge in [0.15, 0.2) is 0 Å². The van der Waals surface area contributed by atoms with Gasteiger partial charge in [0.25, 0.3) is 0 Å². The van der Waals surface area contributed by atoms with Gasteiger partial charge in [0.2, 0.25) is 5.91 Å². The third kappa shape index (κ3) is 2.23. The number of carbonyl (C=O) groups is 2. The predicted octanol–water partition coefficient (Wildman–Crippen LogP) is 2.46. The number of ether oxygens (including phenoxy) is 1. The highest BCUT2D eigenvalue weighted by Crippen LogP contribution is 2.57. The number of nitrogens with one attached hydrogen (secondary N) is 1. The summed E-state index contributed by atoms with van der Waals surface area (Å²) in [6.45, 7) is 0. The van der Waals surface area contributed by atoms with Crippen molar-refractivity contribution >= 4 is 17.6 Å². The molecule has 2 fully saturated rings. The summed E-state index contributed by atoms with van der Waals surface area (Å²) in [5.41, 5.74) is 1.23. The second-order valence-corrected chi connectivity index (χ2v) is 5.34. The van der Waals surface area contributed by atoms with E-state index in [1.54, 1.807) is 24.3 Å². The van der Waals surface area contributed by atoms with Gasteiger partial charge in [0.1, 0.15) is 0 Å². The van der Waals surface area contributed by atoms with E-state index < -0.39 is 0 Å². The molecule has 0 aliphatic heterocycles. The molecule has 0 bridgehead atoms. The van der Waals surface area contributed by atoms with E-state index in [2.05, 4.69) is 10.1 Å². The van der Waals surface area contributed by atoms with Gasteiger partial charge in [-0.15, -0.1) is 0 Å². The molecule has 4 heteroatoms. The van der Waals surface area contributed by atoms with Crippen LogP contribution < -0.4 is 5.32 Å². The van der Waals surface area contributed by atoms with Crippen LogP contribution in [0.5, 0.6) is 0 Å². The summed E-state index contributed by atoms with van der Waals surface area (Å²) >= 11 is 0. The first kappa shape index (κ1) is 12.2. The fourth-order valence-electron chi connectivity index (χ4n) is 3.24. The van der Waals surface area contributed by atoms with Gasteiger partial charge >= 0.3 is 5.97 Å². The van der Waals surface area contributed by atoms with E-state index in [4.69, 9.17) is 0 Å². The average molecular weight is 259 g/mol. The first-order valence-electron chi connectivity index (χ1n) is 6.70. The molecular weight excluding hydrogens is 242 g/mol. The van der Waals surface area contributed by atoms with E-state index in [1.807, 2.05) is 0 Å². The Morgan fingerprint density at radius 2 is 1.79 bits per heavy atom. The lowest BCUT2D eigenvalue weighted by Gasteiger charge is -2.07. The van der Waals surface area contributed by atoms with Crippen molar-refractivity contribution in [3.05, 3.63) is 29.8 Å². The fraction of sp³-hybridized carbons (Fsp3) is 0.467. The van der Waals surface area contributed by atoms with Crippen molar-refractivity contribution in [2.75, 3.05) is 12.4 Å². The van der Waals surface area contributed by atoms with Crippen LogP contribution in [-0.4, -0.2) is 19.0 Å². The summed E-state index contributed by atoms with van der Waals surface area (Å²) in [7, 11) is 1.35. The number of benzene rings is 1. The molecule has 0 saturated heterocycles. The molecule has 0 spiro atoms. The second kappa shape index (κ2) is 4.68. The SMILES string of the molecule is COC(=O)c1ccc(NC(=O)C2C3CCCC32)cc1. The van der Waals surface area contributed by atoms with Gasteiger partial charge in [-0.05, 0) is 48.9 Å². The smallest absolute Gasteiger partial charge is 0.337 e. The van der Waals surface area contributed by atoms with Gasteiger partial charge in [-0.1, -0.05) is 6.42 Å². The number of amides is 1. The lowest BCUT2D eigenvalue weighted by atomic mass is 10.1. The summed E-state index contributed by atoms with van der Waals surface area (Å²) in [4.78, 5) is 23.3. The minimum atomic E-state index is -0.366. The van der Waals surface area contributed by atoms with Crippen molar-refractivity contribution < 1.29 is 14.3 Å². The van der Waals surface area contributed by atoms with Crippen LogP contribution in [-0.2, 0) is 9.53 Å². The van der Waals surface area contributed by atoms with Crippen LogP contribution in [0.15, 0.2) is 24.3 Å². The molecule has 0 radical (unpaired) electrons. The number of methoxy groups -OCH3 is 1. The number of hydrogen-bond donors (Lipinski definition) is 1. The van der Waals surface area contributed by atoms with Crippen molar-refractivity contribution in [3.63, 3.8) is 0 Å². The molecule has 1 N–H and O–H groups in total. The monoisotopic (exact) mass is 259 g/mol. The Morgan fingerprint density at radius 3 is 2.37 bits per heavy atom. The van der Waals surface area contributed by atoms with Crippen LogP contribution in [0.4, 0.5) is 5.69 Å². The molecule has 1 aromatic rings. The molecule has 0 aromatic heterocycles. The summed E-state index contributed by atoms with van der Waals surface area (Å²) < 4.78 is 4.63. The highest BCUT2D eigenvalue weighted by Gasteiger charge is 2.56. The normalized spacial score (nSPS) is 27.5. The molecule has 100 valence electrons. The van der Waals surface area contributed by atoms with Gasteiger partial charge in [0, 0.05) is 11.6 Å². The van der Waals surface area contributed by atoms with Crippen LogP contribution >= 0.6 is 0 Å². The van der Waals surface area contributed by atoms with Crippen LogP contribution in [0.2, 0.25) is 0 Å². The number of esters is 1. The highest BCUT2D eigenvalue weighted by atomic mass is 16.5. The van der Waals surface area contributed by atoms with E-state index in [1.165, 1.54) is 26.4 Å². The molecule has 2 unspecified atom stereocenters.